The maximum absolute atomic E-state index is 5.23. The van der Waals surface area contributed by atoms with Crippen molar-refractivity contribution in [2.45, 2.75) is 6.92 Å². The molecule has 0 saturated carbocycles. The first kappa shape index (κ1) is 13.1. The summed E-state index contributed by atoms with van der Waals surface area (Å²) < 4.78 is 20.5. The molecule has 0 radical (unpaired) electrons. The molecular weight excluding hydrogens is 188 g/mol. The minimum Gasteiger partial charge on any atom is -0.426 e. The van der Waals surface area contributed by atoms with Crippen molar-refractivity contribution in [2.75, 3.05) is 46.2 Å². The van der Waals surface area contributed by atoms with Crippen LogP contribution in [0.1, 0.15) is 6.92 Å². The SMILES string of the molecule is CCOCCOCCOCCO[SiH3]. The van der Waals surface area contributed by atoms with Crippen molar-refractivity contribution in [3.8, 4) is 0 Å². The van der Waals surface area contributed by atoms with Gasteiger partial charge in [0.15, 0.2) is 0 Å². The quantitative estimate of drug-likeness (QED) is 0.353. The molecule has 0 aromatic heterocycles. The smallest absolute Gasteiger partial charge is 0.146 e. The molecule has 4 nitrogen and oxygen atoms in total. The summed E-state index contributed by atoms with van der Waals surface area (Å²) >= 11 is 0. The highest BCUT2D eigenvalue weighted by Crippen LogP contribution is 1.80. The van der Waals surface area contributed by atoms with Crippen LogP contribution in [-0.4, -0.2) is 56.7 Å². The summed E-state index contributed by atoms with van der Waals surface area (Å²) in [6, 6.07) is 0. The predicted octanol–water partition coefficient (Wildman–Crippen LogP) is -0.647. The number of hydrogen-bond donors (Lipinski definition) is 0. The highest BCUT2D eigenvalue weighted by molar-refractivity contribution is 5.97. The van der Waals surface area contributed by atoms with Gasteiger partial charge < -0.3 is 18.6 Å². The van der Waals surface area contributed by atoms with Gasteiger partial charge in [-0.2, -0.15) is 0 Å². The summed E-state index contributed by atoms with van der Waals surface area (Å²) in [4.78, 5) is 0. The van der Waals surface area contributed by atoms with Gasteiger partial charge in [-0.1, -0.05) is 0 Å². The van der Waals surface area contributed by atoms with Crippen LogP contribution >= 0.6 is 0 Å². The molecule has 0 fully saturated rings. The minimum atomic E-state index is 0.633. The molecule has 0 saturated heterocycles. The fraction of sp³-hybridized carbons (Fsp3) is 1.00. The maximum atomic E-state index is 5.23. The van der Waals surface area contributed by atoms with Gasteiger partial charge in [-0.15, -0.1) is 0 Å². The lowest BCUT2D eigenvalue weighted by Crippen LogP contribution is -2.11. The van der Waals surface area contributed by atoms with Crippen molar-refractivity contribution in [2.24, 2.45) is 0 Å². The van der Waals surface area contributed by atoms with E-state index in [1.165, 1.54) is 0 Å². The van der Waals surface area contributed by atoms with Crippen LogP contribution in [0.4, 0.5) is 0 Å². The van der Waals surface area contributed by atoms with Gasteiger partial charge in [-0.3, -0.25) is 0 Å². The van der Waals surface area contributed by atoms with Crippen LogP contribution in [0.15, 0.2) is 0 Å². The Morgan fingerprint density at radius 1 is 0.769 bits per heavy atom. The zero-order valence-corrected chi connectivity index (χ0v) is 10.6. The molecule has 0 rings (SSSR count). The Morgan fingerprint density at radius 2 is 1.23 bits per heavy atom. The standard InChI is InChI=1S/C8H20O4Si/c1-2-9-3-4-10-5-6-11-7-8-12-13/h2-8H2,1,13H3. The minimum absolute atomic E-state index is 0.633. The van der Waals surface area contributed by atoms with Crippen molar-refractivity contribution < 1.29 is 18.6 Å². The lowest BCUT2D eigenvalue weighted by molar-refractivity contribution is 0.0118. The Kier molecular flexibility index (Phi) is 12.1. The fourth-order valence-electron chi connectivity index (χ4n) is 0.726. The third-order valence-corrected chi connectivity index (χ3v) is 1.79. The van der Waals surface area contributed by atoms with E-state index < -0.39 is 0 Å². The first-order valence-electron chi connectivity index (χ1n) is 4.64. The van der Waals surface area contributed by atoms with E-state index >= 15 is 0 Å². The van der Waals surface area contributed by atoms with Crippen LogP contribution in [0, 0.1) is 0 Å². The van der Waals surface area contributed by atoms with E-state index in [9.17, 15) is 0 Å². The maximum Gasteiger partial charge on any atom is 0.146 e. The molecule has 0 heterocycles. The summed E-state index contributed by atoms with van der Waals surface area (Å²) in [7, 11) is 0.782. The molecule has 0 N–H and O–H groups in total. The largest absolute Gasteiger partial charge is 0.426 e. The average molecular weight is 208 g/mol. The van der Waals surface area contributed by atoms with Crippen LogP contribution in [-0.2, 0) is 18.6 Å². The highest BCUT2D eigenvalue weighted by Gasteiger charge is 1.89. The molecule has 80 valence electrons. The van der Waals surface area contributed by atoms with Crippen LogP contribution in [0.5, 0.6) is 0 Å². The van der Waals surface area contributed by atoms with Crippen molar-refractivity contribution >= 4 is 10.5 Å². The predicted molar refractivity (Wildman–Crippen MR) is 54.0 cm³/mol. The third kappa shape index (κ3) is 12.1. The van der Waals surface area contributed by atoms with Crippen LogP contribution < -0.4 is 0 Å². The fourth-order valence-corrected chi connectivity index (χ4v) is 0.893. The van der Waals surface area contributed by atoms with Crippen LogP contribution in [0.25, 0.3) is 0 Å². The first-order chi connectivity index (χ1) is 6.41. The van der Waals surface area contributed by atoms with Gasteiger partial charge in [0.1, 0.15) is 10.5 Å². The van der Waals surface area contributed by atoms with E-state index in [1.807, 2.05) is 6.92 Å². The van der Waals surface area contributed by atoms with E-state index in [4.69, 9.17) is 18.6 Å². The number of ether oxygens (including phenoxy) is 3. The van der Waals surface area contributed by atoms with Crippen molar-refractivity contribution in [3.05, 3.63) is 0 Å². The Morgan fingerprint density at radius 3 is 1.69 bits per heavy atom. The summed E-state index contributed by atoms with van der Waals surface area (Å²) in [6.07, 6.45) is 0. The van der Waals surface area contributed by atoms with Gasteiger partial charge in [0, 0.05) is 6.61 Å². The van der Waals surface area contributed by atoms with E-state index in [2.05, 4.69) is 0 Å². The molecule has 0 spiro atoms. The Bertz CT molecular complexity index is 82.2. The van der Waals surface area contributed by atoms with Crippen LogP contribution in [0.2, 0.25) is 0 Å². The monoisotopic (exact) mass is 208 g/mol. The highest BCUT2D eigenvalue weighted by atomic mass is 28.2. The molecule has 0 atom stereocenters. The molecule has 0 aliphatic heterocycles. The van der Waals surface area contributed by atoms with E-state index in [1.54, 1.807) is 0 Å². The molecule has 0 aromatic carbocycles. The van der Waals surface area contributed by atoms with E-state index in [-0.39, 0.29) is 0 Å². The van der Waals surface area contributed by atoms with Gasteiger partial charge in [0.2, 0.25) is 0 Å². The van der Waals surface area contributed by atoms with Gasteiger partial charge in [-0.25, -0.2) is 0 Å². The third-order valence-electron chi connectivity index (χ3n) is 1.38. The molecule has 0 aliphatic carbocycles. The van der Waals surface area contributed by atoms with Crippen LogP contribution in [0.3, 0.4) is 0 Å². The lowest BCUT2D eigenvalue weighted by atomic mass is 10.7. The van der Waals surface area contributed by atoms with Crippen molar-refractivity contribution in [1.29, 1.82) is 0 Å². The zero-order valence-electron chi connectivity index (χ0n) is 8.58. The summed E-state index contributed by atoms with van der Waals surface area (Å²) in [5.74, 6) is 0. The van der Waals surface area contributed by atoms with Gasteiger partial charge in [-0.05, 0) is 6.92 Å². The van der Waals surface area contributed by atoms with Gasteiger partial charge >= 0.3 is 0 Å². The lowest BCUT2D eigenvalue weighted by Gasteiger charge is -2.05. The molecule has 0 aromatic rings. The second kappa shape index (κ2) is 12.1. The Labute approximate surface area is 83.0 Å². The molecule has 0 unspecified atom stereocenters. The molecule has 13 heavy (non-hydrogen) atoms. The Hall–Kier alpha value is 0.0569. The molecule has 0 amide bonds. The second-order valence-corrected chi connectivity index (χ2v) is 2.99. The van der Waals surface area contributed by atoms with Crippen molar-refractivity contribution in [1.82, 2.24) is 0 Å². The van der Waals surface area contributed by atoms with Gasteiger partial charge in [0.05, 0.1) is 39.6 Å². The zero-order chi connectivity index (χ0) is 9.78. The number of hydrogen-bond acceptors (Lipinski definition) is 4. The molecule has 0 bridgehead atoms. The summed E-state index contributed by atoms with van der Waals surface area (Å²) in [5, 5.41) is 0. The Balaban J connectivity index is 2.76. The molecule has 5 heteroatoms. The topological polar surface area (TPSA) is 36.9 Å². The van der Waals surface area contributed by atoms with Crippen molar-refractivity contribution in [3.63, 3.8) is 0 Å². The molecule has 0 aliphatic rings. The summed E-state index contributed by atoms with van der Waals surface area (Å²) in [5.41, 5.74) is 0. The first-order valence-corrected chi connectivity index (χ1v) is 5.45. The van der Waals surface area contributed by atoms with E-state index in [0.717, 1.165) is 17.1 Å². The van der Waals surface area contributed by atoms with E-state index in [0.29, 0.717) is 39.6 Å². The normalized spacial score (nSPS) is 10.8. The number of rotatable bonds is 10. The summed E-state index contributed by atoms with van der Waals surface area (Å²) in [6.45, 7) is 6.66. The average Bonchev–Trinajstić information content (AvgIpc) is 2.16. The molecular formula is C8H20O4Si. The second-order valence-electron chi connectivity index (χ2n) is 2.41. The van der Waals surface area contributed by atoms with Gasteiger partial charge in [0.25, 0.3) is 0 Å².